The molecule has 0 aliphatic heterocycles. The Balaban J connectivity index is 2.01. The van der Waals surface area contributed by atoms with E-state index in [0.29, 0.717) is 35.4 Å². The van der Waals surface area contributed by atoms with Gasteiger partial charge in [-0.3, -0.25) is 4.79 Å². The van der Waals surface area contributed by atoms with Gasteiger partial charge in [0.15, 0.2) is 12.0 Å². The zero-order valence-corrected chi connectivity index (χ0v) is 11.6. The van der Waals surface area contributed by atoms with E-state index in [2.05, 4.69) is 11.2 Å². The summed E-state index contributed by atoms with van der Waals surface area (Å²) in [7, 11) is 0. The first-order valence-electron chi connectivity index (χ1n) is 6.57. The van der Waals surface area contributed by atoms with Crippen LogP contribution in [0, 0.1) is 11.3 Å². The lowest BCUT2D eigenvalue weighted by molar-refractivity contribution is 0.112. The largest absolute Gasteiger partial charge is 0.463 e. The van der Waals surface area contributed by atoms with Gasteiger partial charge in [-0.15, -0.1) is 0 Å². The van der Waals surface area contributed by atoms with Crippen molar-refractivity contribution in [3.05, 3.63) is 59.4 Å². The highest BCUT2D eigenvalue weighted by Crippen LogP contribution is 2.26. The fraction of sp³-hybridized carbons (Fsp3) is 0.0625. The molecule has 0 saturated carbocycles. The number of nitrogen functional groups attached to an aromatic ring is 1. The summed E-state index contributed by atoms with van der Waals surface area (Å²) in [6, 6.07) is 12.7. The van der Waals surface area contributed by atoms with Crippen molar-refractivity contribution in [1.82, 2.24) is 9.78 Å². The number of aromatic nitrogens is 2. The molecule has 0 amide bonds. The third kappa shape index (κ3) is 2.36. The predicted octanol–water partition coefficient (Wildman–Crippen LogP) is 2.46. The fourth-order valence-corrected chi connectivity index (χ4v) is 2.23. The van der Waals surface area contributed by atoms with Crippen molar-refractivity contribution >= 4 is 12.1 Å². The maximum absolute atomic E-state index is 11.3. The minimum Gasteiger partial charge on any atom is -0.463 e. The first kappa shape index (κ1) is 13.6. The molecule has 6 nitrogen and oxygen atoms in total. The van der Waals surface area contributed by atoms with Crippen molar-refractivity contribution in [2.24, 2.45) is 0 Å². The average Bonchev–Trinajstić information content (AvgIpc) is 3.16. The fourth-order valence-electron chi connectivity index (χ4n) is 2.23. The van der Waals surface area contributed by atoms with E-state index in [1.807, 2.05) is 6.07 Å². The Kier molecular flexibility index (Phi) is 3.46. The predicted molar refractivity (Wildman–Crippen MR) is 80.0 cm³/mol. The average molecular weight is 292 g/mol. The van der Waals surface area contributed by atoms with Crippen LogP contribution in [0.4, 0.5) is 5.82 Å². The minimum absolute atomic E-state index is 0.267. The van der Waals surface area contributed by atoms with Crippen molar-refractivity contribution in [3.8, 4) is 17.5 Å². The summed E-state index contributed by atoms with van der Waals surface area (Å²) < 4.78 is 6.81. The Labute approximate surface area is 126 Å². The molecule has 1 aromatic carbocycles. The highest BCUT2D eigenvalue weighted by molar-refractivity contribution is 5.90. The third-order valence-electron chi connectivity index (χ3n) is 3.29. The van der Waals surface area contributed by atoms with Crippen molar-refractivity contribution in [3.63, 3.8) is 0 Å². The topological polar surface area (TPSA) is 97.8 Å². The van der Waals surface area contributed by atoms with Crippen molar-refractivity contribution < 1.29 is 9.21 Å². The van der Waals surface area contributed by atoms with E-state index in [1.165, 1.54) is 10.9 Å². The Hall–Kier alpha value is -3.33. The summed E-state index contributed by atoms with van der Waals surface area (Å²) in [6.07, 6.45) is 2.18. The molecular weight excluding hydrogens is 280 g/mol. The number of nitrogens with zero attached hydrogens (tertiary/aromatic N) is 3. The van der Waals surface area contributed by atoms with Gasteiger partial charge in [-0.2, -0.15) is 10.4 Å². The molecule has 2 N–H and O–H groups in total. The Bertz CT molecular complexity index is 857. The van der Waals surface area contributed by atoms with Crippen LogP contribution in [0.3, 0.4) is 0 Å². The maximum atomic E-state index is 11.3. The Morgan fingerprint density at radius 2 is 2.23 bits per heavy atom. The molecule has 0 atom stereocenters. The molecule has 0 unspecified atom stereocenters. The van der Waals surface area contributed by atoms with Crippen LogP contribution in [0.2, 0.25) is 0 Å². The summed E-state index contributed by atoms with van der Waals surface area (Å²) in [4.78, 5) is 11.3. The number of nitrogens with two attached hydrogens (primary N) is 1. The van der Waals surface area contributed by atoms with Crippen LogP contribution in [0.15, 0.2) is 47.1 Å². The molecule has 0 aliphatic rings. The van der Waals surface area contributed by atoms with E-state index in [4.69, 9.17) is 15.4 Å². The quantitative estimate of drug-likeness (QED) is 0.745. The molecule has 2 aromatic heterocycles. The van der Waals surface area contributed by atoms with Crippen LogP contribution in [0.25, 0.3) is 11.5 Å². The number of anilines is 1. The molecule has 108 valence electrons. The summed E-state index contributed by atoms with van der Waals surface area (Å²) in [5, 5.41) is 13.3. The number of benzene rings is 1. The first-order chi connectivity index (χ1) is 10.7. The van der Waals surface area contributed by atoms with E-state index >= 15 is 0 Å². The van der Waals surface area contributed by atoms with E-state index in [9.17, 15) is 4.79 Å². The second-order valence-electron chi connectivity index (χ2n) is 4.71. The summed E-state index contributed by atoms with van der Waals surface area (Å²) in [5.74, 6) is 0.752. The SMILES string of the molecule is N#Cc1cccc(Cn2nc(-c3ccco3)c(C=O)c2N)c1. The summed E-state index contributed by atoms with van der Waals surface area (Å²) >= 11 is 0. The smallest absolute Gasteiger partial charge is 0.156 e. The number of rotatable bonds is 4. The molecule has 0 saturated heterocycles. The van der Waals surface area contributed by atoms with Crippen LogP contribution in [0.5, 0.6) is 0 Å². The number of nitriles is 1. The number of aldehydes is 1. The summed E-state index contributed by atoms with van der Waals surface area (Å²) in [6.45, 7) is 0.364. The molecule has 3 aromatic rings. The number of carbonyl (C=O) groups is 1. The molecule has 0 fully saturated rings. The molecule has 22 heavy (non-hydrogen) atoms. The van der Waals surface area contributed by atoms with Gasteiger partial charge in [0, 0.05) is 0 Å². The molecule has 0 bridgehead atoms. The molecule has 6 heteroatoms. The maximum Gasteiger partial charge on any atom is 0.156 e. The molecule has 0 aliphatic carbocycles. The lowest BCUT2D eigenvalue weighted by atomic mass is 10.1. The van der Waals surface area contributed by atoms with Gasteiger partial charge in [0.2, 0.25) is 0 Å². The van der Waals surface area contributed by atoms with Gasteiger partial charge >= 0.3 is 0 Å². The van der Waals surface area contributed by atoms with Gasteiger partial charge in [-0.1, -0.05) is 12.1 Å². The van der Waals surface area contributed by atoms with Crippen LogP contribution in [-0.2, 0) is 6.54 Å². The molecule has 0 spiro atoms. The minimum atomic E-state index is 0.267. The van der Waals surface area contributed by atoms with Gasteiger partial charge in [0.1, 0.15) is 11.5 Å². The molecular formula is C16H12N4O2. The number of carbonyl (C=O) groups excluding carboxylic acids is 1. The zero-order valence-electron chi connectivity index (χ0n) is 11.6. The van der Waals surface area contributed by atoms with Crippen molar-refractivity contribution in [2.75, 3.05) is 5.73 Å². The van der Waals surface area contributed by atoms with E-state index in [1.54, 1.807) is 30.3 Å². The third-order valence-corrected chi connectivity index (χ3v) is 3.29. The zero-order chi connectivity index (χ0) is 15.5. The second kappa shape index (κ2) is 5.58. The van der Waals surface area contributed by atoms with Gasteiger partial charge in [0.25, 0.3) is 0 Å². The molecule has 2 heterocycles. The standard InChI is InChI=1S/C16H12N4O2/c17-8-11-3-1-4-12(7-11)9-20-16(18)13(10-21)15(19-20)14-5-2-6-22-14/h1-7,10H,9,18H2. The molecule has 3 rings (SSSR count). The van der Waals surface area contributed by atoms with E-state index in [0.717, 1.165) is 5.56 Å². The van der Waals surface area contributed by atoms with E-state index in [-0.39, 0.29) is 5.82 Å². The highest BCUT2D eigenvalue weighted by Gasteiger charge is 2.18. The van der Waals surface area contributed by atoms with Crippen LogP contribution < -0.4 is 5.73 Å². The van der Waals surface area contributed by atoms with Crippen molar-refractivity contribution in [2.45, 2.75) is 6.54 Å². The monoisotopic (exact) mass is 292 g/mol. The lowest BCUT2D eigenvalue weighted by Gasteiger charge is -2.04. The highest BCUT2D eigenvalue weighted by atomic mass is 16.3. The van der Waals surface area contributed by atoms with Gasteiger partial charge in [0.05, 0.1) is 30.0 Å². The van der Waals surface area contributed by atoms with E-state index < -0.39 is 0 Å². The van der Waals surface area contributed by atoms with Crippen LogP contribution in [0.1, 0.15) is 21.5 Å². The second-order valence-corrected chi connectivity index (χ2v) is 4.71. The van der Waals surface area contributed by atoms with Crippen LogP contribution >= 0.6 is 0 Å². The first-order valence-corrected chi connectivity index (χ1v) is 6.57. The number of furan rings is 1. The number of hydrogen-bond donors (Lipinski definition) is 1. The normalized spacial score (nSPS) is 10.3. The lowest BCUT2D eigenvalue weighted by Crippen LogP contribution is -2.06. The summed E-state index contributed by atoms with van der Waals surface area (Å²) in [5.41, 5.74) is 8.14. The Morgan fingerprint density at radius 1 is 1.36 bits per heavy atom. The van der Waals surface area contributed by atoms with Gasteiger partial charge in [-0.05, 0) is 29.8 Å². The number of hydrogen-bond acceptors (Lipinski definition) is 5. The molecule has 0 radical (unpaired) electrons. The Morgan fingerprint density at radius 3 is 2.91 bits per heavy atom. The van der Waals surface area contributed by atoms with Gasteiger partial charge in [-0.25, -0.2) is 4.68 Å². The van der Waals surface area contributed by atoms with Gasteiger partial charge < -0.3 is 10.2 Å². The van der Waals surface area contributed by atoms with Crippen LogP contribution in [-0.4, -0.2) is 16.1 Å². The van der Waals surface area contributed by atoms with Crippen molar-refractivity contribution in [1.29, 1.82) is 5.26 Å².